The third-order valence-electron chi connectivity index (χ3n) is 6.22. The van der Waals surface area contributed by atoms with Crippen LogP contribution in [0.3, 0.4) is 0 Å². The minimum absolute atomic E-state index is 0.333. The molecule has 0 unspecified atom stereocenters. The van der Waals surface area contributed by atoms with E-state index in [1.165, 1.54) is 12.1 Å². The SMILES string of the molecule is C[C@@]1(c2ccc(F)cc2Cl)N=C(c2ccccn2)NC(CN2CCOCC2)=C1C#CC1CC1. The molecule has 2 fully saturated rings. The molecule has 3 heterocycles. The highest BCUT2D eigenvalue weighted by Gasteiger charge is 2.39. The van der Waals surface area contributed by atoms with Crippen LogP contribution in [0, 0.1) is 23.6 Å². The molecule has 33 heavy (non-hydrogen) atoms. The molecule has 0 amide bonds. The number of aromatic nitrogens is 1. The number of aliphatic imine (C=N–C) groups is 1. The number of nitrogens with zero attached hydrogens (tertiary/aromatic N) is 3. The molecule has 0 radical (unpaired) electrons. The fraction of sp³-hybridized carbons (Fsp3) is 0.385. The number of pyridine rings is 1. The number of benzene rings is 1. The fourth-order valence-corrected chi connectivity index (χ4v) is 4.56. The van der Waals surface area contributed by atoms with Crippen LogP contribution in [-0.4, -0.2) is 48.6 Å². The Morgan fingerprint density at radius 2 is 2.06 bits per heavy atom. The monoisotopic (exact) mass is 464 g/mol. The van der Waals surface area contributed by atoms with E-state index in [0.717, 1.165) is 48.5 Å². The summed E-state index contributed by atoms with van der Waals surface area (Å²) in [6.07, 6.45) is 4.00. The molecule has 0 bridgehead atoms. The van der Waals surface area contributed by atoms with E-state index in [4.69, 9.17) is 21.3 Å². The summed E-state index contributed by atoms with van der Waals surface area (Å²) in [6.45, 7) is 5.79. The van der Waals surface area contributed by atoms with Crippen molar-refractivity contribution in [3.05, 3.63) is 76.0 Å². The van der Waals surface area contributed by atoms with Gasteiger partial charge in [-0.1, -0.05) is 35.6 Å². The molecule has 3 aliphatic rings. The van der Waals surface area contributed by atoms with E-state index in [1.807, 2.05) is 25.1 Å². The molecule has 1 atom stereocenters. The first kappa shape index (κ1) is 22.1. The Balaban J connectivity index is 1.66. The quantitative estimate of drug-likeness (QED) is 0.691. The van der Waals surface area contributed by atoms with Gasteiger partial charge in [-0.3, -0.25) is 9.88 Å². The molecular weight excluding hydrogens is 439 g/mol. The zero-order valence-corrected chi connectivity index (χ0v) is 19.3. The van der Waals surface area contributed by atoms with E-state index < -0.39 is 5.54 Å². The van der Waals surface area contributed by atoms with Crippen LogP contribution >= 0.6 is 11.6 Å². The highest BCUT2D eigenvalue weighted by molar-refractivity contribution is 6.31. The summed E-state index contributed by atoms with van der Waals surface area (Å²) in [5, 5.41) is 3.87. The second-order valence-electron chi connectivity index (χ2n) is 8.78. The lowest BCUT2D eigenvalue weighted by molar-refractivity contribution is 0.0416. The summed E-state index contributed by atoms with van der Waals surface area (Å²) in [5.41, 5.74) is 2.42. The van der Waals surface area contributed by atoms with Gasteiger partial charge in [0.15, 0.2) is 5.84 Å². The smallest absolute Gasteiger partial charge is 0.152 e. The topological polar surface area (TPSA) is 49.8 Å². The summed E-state index contributed by atoms with van der Waals surface area (Å²) >= 11 is 6.58. The van der Waals surface area contributed by atoms with Gasteiger partial charge in [0.1, 0.15) is 17.1 Å². The lowest BCUT2D eigenvalue weighted by Crippen LogP contribution is -2.45. The maximum absolute atomic E-state index is 13.9. The number of hydrogen-bond acceptors (Lipinski definition) is 5. The minimum Gasteiger partial charge on any atom is -0.379 e. The molecule has 1 aromatic carbocycles. The van der Waals surface area contributed by atoms with Crippen LogP contribution in [0.15, 0.2) is 58.9 Å². The largest absolute Gasteiger partial charge is 0.379 e. The molecule has 5 rings (SSSR count). The molecule has 1 aliphatic carbocycles. The lowest BCUT2D eigenvalue weighted by atomic mass is 9.82. The van der Waals surface area contributed by atoms with Gasteiger partial charge in [-0.15, -0.1) is 0 Å². The first-order valence-electron chi connectivity index (χ1n) is 11.3. The summed E-state index contributed by atoms with van der Waals surface area (Å²) in [4.78, 5) is 12.0. The maximum Gasteiger partial charge on any atom is 0.152 e. The van der Waals surface area contributed by atoms with Crippen molar-refractivity contribution in [1.82, 2.24) is 15.2 Å². The van der Waals surface area contributed by atoms with Gasteiger partial charge in [0.25, 0.3) is 0 Å². The Bertz CT molecular complexity index is 1160. The van der Waals surface area contributed by atoms with Crippen LogP contribution in [0.5, 0.6) is 0 Å². The van der Waals surface area contributed by atoms with Crippen molar-refractivity contribution in [2.45, 2.75) is 25.3 Å². The Hall–Kier alpha value is -2.72. The normalized spacial score (nSPS) is 23.4. The van der Waals surface area contributed by atoms with Crippen molar-refractivity contribution in [2.24, 2.45) is 10.9 Å². The van der Waals surface area contributed by atoms with Crippen molar-refractivity contribution in [1.29, 1.82) is 0 Å². The predicted octanol–water partition coefficient (Wildman–Crippen LogP) is 4.14. The fourth-order valence-electron chi connectivity index (χ4n) is 4.21. The Morgan fingerprint density at radius 1 is 1.24 bits per heavy atom. The van der Waals surface area contributed by atoms with Gasteiger partial charge < -0.3 is 10.1 Å². The standard InChI is InChI=1S/C26H26ClFN4O/c1-26(20-10-8-19(28)16-22(20)27)21(9-7-18-5-6-18)24(17-32-12-14-33-15-13-32)30-25(31-26)23-4-2-3-11-29-23/h2-4,8,10-11,16,18H,5-6,12-15,17H2,1H3,(H,30,31)/t26-/m0/s1. The maximum atomic E-state index is 13.9. The minimum atomic E-state index is -0.883. The molecular formula is C26H26ClFN4O. The number of nitrogens with one attached hydrogen (secondary N) is 1. The second-order valence-corrected chi connectivity index (χ2v) is 9.19. The third-order valence-corrected chi connectivity index (χ3v) is 6.53. The summed E-state index contributed by atoms with van der Waals surface area (Å²) < 4.78 is 19.5. The van der Waals surface area contributed by atoms with Crippen molar-refractivity contribution < 1.29 is 9.13 Å². The molecule has 7 heteroatoms. The summed E-state index contributed by atoms with van der Waals surface area (Å²) in [6, 6.07) is 10.2. The molecule has 1 saturated carbocycles. The van der Waals surface area contributed by atoms with E-state index in [2.05, 4.69) is 27.0 Å². The van der Waals surface area contributed by atoms with Crippen LogP contribution in [0.1, 0.15) is 31.0 Å². The van der Waals surface area contributed by atoms with Crippen LogP contribution < -0.4 is 5.32 Å². The van der Waals surface area contributed by atoms with Gasteiger partial charge in [0.2, 0.25) is 0 Å². The lowest BCUT2D eigenvalue weighted by Gasteiger charge is -2.37. The number of ether oxygens (including phenoxy) is 1. The molecule has 2 aliphatic heterocycles. The van der Waals surface area contributed by atoms with Gasteiger partial charge in [-0.25, -0.2) is 9.38 Å². The highest BCUT2D eigenvalue weighted by Crippen LogP contribution is 2.41. The second kappa shape index (κ2) is 9.26. The van der Waals surface area contributed by atoms with Gasteiger partial charge >= 0.3 is 0 Å². The molecule has 5 nitrogen and oxygen atoms in total. The Kier molecular flexibility index (Phi) is 6.20. The van der Waals surface area contributed by atoms with Crippen molar-refractivity contribution in [3.8, 4) is 11.8 Å². The van der Waals surface area contributed by atoms with Crippen LogP contribution in [-0.2, 0) is 10.3 Å². The predicted molar refractivity (Wildman–Crippen MR) is 127 cm³/mol. The Morgan fingerprint density at radius 3 is 2.76 bits per heavy atom. The third kappa shape index (κ3) is 4.81. The van der Waals surface area contributed by atoms with Crippen molar-refractivity contribution in [2.75, 3.05) is 32.8 Å². The summed E-state index contributed by atoms with van der Waals surface area (Å²) in [7, 11) is 0. The van der Waals surface area contributed by atoms with E-state index in [0.29, 0.717) is 36.5 Å². The van der Waals surface area contributed by atoms with Crippen LogP contribution in [0.4, 0.5) is 4.39 Å². The van der Waals surface area contributed by atoms with Crippen molar-refractivity contribution in [3.63, 3.8) is 0 Å². The average molecular weight is 465 g/mol. The number of hydrogen-bond donors (Lipinski definition) is 1. The number of amidine groups is 1. The van der Waals surface area contributed by atoms with E-state index in [1.54, 1.807) is 12.3 Å². The Labute approximate surface area is 198 Å². The molecule has 2 aromatic rings. The van der Waals surface area contributed by atoms with E-state index in [-0.39, 0.29) is 5.82 Å². The molecule has 1 N–H and O–H groups in total. The van der Waals surface area contributed by atoms with Gasteiger partial charge in [0, 0.05) is 48.0 Å². The van der Waals surface area contributed by atoms with E-state index >= 15 is 0 Å². The van der Waals surface area contributed by atoms with Gasteiger partial charge in [-0.05, 0) is 44.0 Å². The zero-order chi connectivity index (χ0) is 22.8. The molecule has 170 valence electrons. The van der Waals surface area contributed by atoms with Gasteiger partial charge in [0.05, 0.1) is 18.8 Å². The summed E-state index contributed by atoms with van der Waals surface area (Å²) in [5.74, 6) is 7.57. The van der Waals surface area contributed by atoms with E-state index in [9.17, 15) is 4.39 Å². The molecule has 1 aromatic heterocycles. The first-order chi connectivity index (χ1) is 16.0. The molecule has 1 saturated heterocycles. The number of halogens is 2. The van der Waals surface area contributed by atoms with Crippen LogP contribution in [0.25, 0.3) is 0 Å². The van der Waals surface area contributed by atoms with Crippen molar-refractivity contribution >= 4 is 17.4 Å². The van der Waals surface area contributed by atoms with Crippen LogP contribution in [0.2, 0.25) is 5.02 Å². The number of rotatable bonds is 4. The molecule has 0 spiro atoms. The highest BCUT2D eigenvalue weighted by atomic mass is 35.5. The zero-order valence-electron chi connectivity index (χ0n) is 18.6. The number of morpholine rings is 1. The van der Waals surface area contributed by atoms with Gasteiger partial charge in [-0.2, -0.15) is 0 Å². The first-order valence-corrected chi connectivity index (χ1v) is 11.7. The average Bonchev–Trinajstić information content (AvgIpc) is 3.64.